The first kappa shape index (κ1) is 8.29. The lowest BCUT2D eigenvalue weighted by molar-refractivity contribution is -0.443. The quantitative estimate of drug-likeness (QED) is 0.641. The summed E-state index contributed by atoms with van der Waals surface area (Å²) in [5.74, 6) is 16.8. The number of hydrogen-bond donors (Lipinski definition) is 1. The molecule has 8 fully saturated rings. The fourth-order valence-corrected chi connectivity index (χ4v) is 9.86. The second kappa shape index (κ2) is 1.96. The summed E-state index contributed by atoms with van der Waals surface area (Å²) < 4.78 is 0. The summed E-state index contributed by atoms with van der Waals surface area (Å²) in [6, 6.07) is 0.663. The Kier molecular flexibility index (Phi) is 0.902. The lowest BCUT2D eigenvalue weighted by Gasteiger charge is -2.91. The van der Waals surface area contributed by atoms with Gasteiger partial charge in [-0.15, -0.1) is 0 Å². The highest BCUT2D eigenvalue weighted by Crippen LogP contribution is 2.93. The zero-order chi connectivity index (χ0) is 11.1. The molecule has 14 atom stereocenters. The Balaban J connectivity index is 1.18. The van der Waals surface area contributed by atoms with Gasteiger partial charge in [0.1, 0.15) is 0 Å². The van der Waals surface area contributed by atoms with Crippen molar-refractivity contribution in [3.63, 3.8) is 0 Å². The third kappa shape index (κ3) is 0.472. The van der Waals surface area contributed by atoms with Gasteiger partial charge in [0.2, 0.25) is 0 Å². The smallest absolute Gasteiger partial charge is 0.0108 e. The van der Waals surface area contributed by atoms with Crippen LogP contribution in [0.5, 0.6) is 0 Å². The van der Waals surface area contributed by atoms with E-state index in [1.807, 2.05) is 0 Å². The molecule has 14 unspecified atom stereocenters. The van der Waals surface area contributed by atoms with E-state index in [9.17, 15) is 0 Å². The van der Waals surface area contributed by atoms with Crippen LogP contribution in [0.4, 0.5) is 0 Å². The van der Waals surface area contributed by atoms with Crippen LogP contribution in [-0.2, 0) is 0 Å². The zero-order valence-corrected chi connectivity index (χ0v) is 10.7. The van der Waals surface area contributed by atoms with Gasteiger partial charge in [-0.3, -0.25) is 0 Å². The minimum Gasteiger partial charge on any atom is -0.327 e. The van der Waals surface area contributed by atoms with E-state index in [0.717, 1.165) is 23.7 Å². The van der Waals surface area contributed by atoms with E-state index in [1.54, 1.807) is 12.8 Å². The largest absolute Gasteiger partial charge is 0.327 e. The van der Waals surface area contributed by atoms with Crippen LogP contribution in [0.15, 0.2) is 0 Å². The molecule has 0 amide bonds. The summed E-state index contributed by atoms with van der Waals surface area (Å²) >= 11 is 0. The van der Waals surface area contributed by atoms with Gasteiger partial charge < -0.3 is 5.73 Å². The van der Waals surface area contributed by atoms with E-state index in [0.29, 0.717) is 6.04 Å². The van der Waals surface area contributed by atoms with Gasteiger partial charge in [-0.1, -0.05) is 0 Å². The first-order valence-electron chi connectivity index (χ1n) is 8.65. The Hall–Kier alpha value is -0.0400. The van der Waals surface area contributed by atoms with E-state index in [4.69, 9.17) is 5.73 Å². The molecule has 2 N–H and O–H groups in total. The van der Waals surface area contributed by atoms with Gasteiger partial charge in [-0.25, -0.2) is 0 Å². The second-order valence-corrected chi connectivity index (χ2v) is 9.41. The molecule has 0 aromatic rings. The summed E-state index contributed by atoms with van der Waals surface area (Å²) in [6.07, 6.45) is 3.23. The van der Waals surface area contributed by atoms with Crippen LogP contribution in [-0.4, -0.2) is 6.04 Å². The van der Waals surface area contributed by atoms with Crippen molar-refractivity contribution in [1.82, 2.24) is 0 Å². The van der Waals surface area contributed by atoms with Crippen LogP contribution in [0, 0.1) is 82.9 Å². The van der Waals surface area contributed by atoms with Crippen molar-refractivity contribution in [1.29, 1.82) is 0 Å². The van der Waals surface area contributed by atoms with Gasteiger partial charge in [0.15, 0.2) is 0 Å². The molecule has 0 bridgehead atoms. The third-order valence-corrected chi connectivity index (χ3v) is 10.2. The number of fused-ring (bicyclic) bond motifs is 19. The summed E-state index contributed by atoms with van der Waals surface area (Å²) in [5.41, 5.74) is 6.26. The van der Waals surface area contributed by atoms with Crippen molar-refractivity contribution in [3.8, 4) is 0 Å². The molecule has 0 heterocycles. The molecule has 0 spiro atoms. The van der Waals surface area contributed by atoms with Gasteiger partial charge >= 0.3 is 0 Å². The van der Waals surface area contributed by atoms with Crippen molar-refractivity contribution >= 4 is 0 Å². The van der Waals surface area contributed by atoms with Gasteiger partial charge in [0.25, 0.3) is 0 Å². The Morgan fingerprint density at radius 1 is 0.444 bits per heavy atom. The number of nitrogens with two attached hydrogens (primary N) is 1. The summed E-state index contributed by atoms with van der Waals surface area (Å²) in [6.45, 7) is 0. The van der Waals surface area contributed by atoms with Crippen molar-refractivity contribution in [2.45, 2.75) is 18.9 Å². The summed E-state index contributed by atoms with van der Waals surface area (Å²) in [5, 5.41) is 0. The van der Waals surface area contributed by atoms with E-state index < -0.39 is 0 Å². The van der Waals surface area contributed by atoms with E-state index in [1.165, 1.54) is 59.2 Å². The number of rotatable bonds is 0. The van der Waals surface area contributed by atoms with E-state index in [-0.39, 0.29) is 0 Å². The van der Waals surface area contributed by atoms with E-state index >= 15 is 0 Å². The maximum atomic E-state index is 6.26. The standard InChI is InChI=1S/C17H21N/c18-17-15-13-11-9-7-5-3-1-2-4(3)6(5)8(7)10(9)12(11)14(13)16(15)17/h3-17H,1-2,18H2. The fourth-order valence-electron chi connectivity index (χ4n) is 9.86. The second-order valence-electron chi connectivity index (χ2n) is 9.41. The third-order valence-electron chi connectivity index (χ3n) is 10.2. The molecule has 8 saturated carbocycles. The van der Waals surface area contributed by atoms with Gasteiger partial charge in [0.05, 0.1) is 0 Å². The molecule has 0 saturated heterocycles. The molecule has 0 aliphatic heterocycles. The van der Waals surface area contributed by atoms with Crippen molar-refractivity contribution in [2.24, 2.45) is 88.6 Å². The predicted octanol–water partition coefficient (Wildman–Crippen LogP) is 1.83. The molecule has 8 rings (SSSR count). The predicted molar refractivity (Wildman–Crippen MR) is 66.1 cm³/mol. The van der Waals surface area contributed by atoms with Crippen LogP contribution in [0.25, 0.3) is 0 Å². The molecule has 0 aromatic heterocycles. The molecule has 94 valence electrons. The monoisotopic (exact) mass is 239 g/mol. The molecule has 0 radical (unpaired) electrons. The van der Waals surface area contributed by atoms with Crippen molar-refractivity contribution in [3.05, 3.63) is 0 Å². The normalized spacial score (nSPS) is 92.8. The Bertz CT molecular complexity index is 450. The highest BCUT2D eigenvalue weighted by atomic mass is 15.0. The maximum absolute atomic E-state index is 6.26. The van der Waals surface area contributed by atoms with Crippen molar-refractivity contribution < 1.29 is 0 Å². The van der Waals surface area contributed by atoms with Crippen LogP contribution < -0.4 is 5.73 Å². The minimum atomic E-state index is 0.663. The maximum Gasteiger partial charge on any atom is 0.0108 e. The molecule has 0 aromatic carbocycles. The van der Waals surface area contributed by atoms with Crippen LogP contribution in [0.3, 0.4) is 0 Å². The lowest BCUT2D eigenvalue weighted by Crippen LogP contribution is -2.87. The SMILES string of the molecule is NC1C2C1C1C2C2C1C1C3C4C5CCC5C4C3C21. The average molecular weight is 239 g/mol. The zero-order valence-electron chi connectivity index (χ0n) is 10.7. The molecular formula is C17H21N. The van der Waals surface area contributed by atoms with Gasteiger partial charge in [-0.2, -0.15) is 0 Å². The highest BCUT2D eigenvalue weighted by molar-refractivity contribution is 5.38. The number of hydrogen-bond acceptors (Lipinski definition) is 1. The lowest BCUT2D eigenvalue weighted by atomic mass is 9.13. The summed E-state index contributed by atoms with van der Waals surface area (Å²) in [7, 11) is 0. The molecule has 8 aliphatic carbocycles. The molecular weight excluding hydrogens is 218 g/mol. The molecule has 1 heteroatoms. The van der Waals surface area contributed by atoms with Crippen LogP contribution in [0.1, 0.15) is 12.8 Å². The summed E-state index contributed by atoms with van der Waals surface area (Å²) in [4.78, 5) is 0. The first-order valence-corrected chi connectivity index (χ1v) is 8.65. The van der Waals surface area contributed by atoms with Crippen molar-refractivity contribution in [2.75, 3.05) is 0 Å². The topological polar surface area (TPSA) is 26.0 Å². The van der Waals surface area contributed by atoms with Crippen LogP contribution >= 0.6 is 0 Å². The molecule has 1 nitrogen and oxygen atoms in total. The van der Waals surface area contributed by atoms with Gasteiger partial charge in [0, 0.05) is 6.04 Å². The molecule has 18 heavy (non-hydrogen) atoms. The van der Waals surface area contributed by atoms with Crippen LogP contribution in [0.2, 0.25) is 0 Å². The fraction of sp³-hybridized carbons (Fsp3) is 1.00. The Morgan fingerprint density at radius 2 is 0.778 bits per heavy atom. The highest BCUT2D eigenvalue weighted by Gasteiger charge is 2.91. The van der Waals surface area contributed by atoms with E-state index in [2.05, 4.69) is 0 Å². The minimum absolute atomic E-state index is 0.663. The average Bonchev–Trinajstić information content (AvgIpc) is 2.85. The van der Waals surface area contributed by atoms with Gasteiger partial charge in [-0.05, 0) is 95.7 Å². The first-order chi connectivity index (χ1) is 8.89. The molecule has 8 aliphatic rings. The Morgan fingerprint density at radius 3 is 1.17 bits per heavy atom. The Labute approximate surface area is 108 Å².